The number of ether oxygens (including phenoxy) is 3. The van der Waals surface area contributed by atoms with Gasteiger partial charge >= 0.3 is 0 Å². The topological polar surface area (TPSA) is 89.4 Å². The molecule has 2 fully saturated rings. The van der Waals surface area contributed by atoms with Gasteiger partial charge in [-0.05, 0) is 37.0 Å². The molecule has 0 N–H and O–H groups in total. The predicted octanol–water partition coefficient (Wildman–Crippen LogP) is 2.72. The van der Waals surface area contributed by atoms with Crippen molar-refractivity contribution in [1.29, 1.82) is 0 Å². The van der Waals surface area contributed by atoms with E-state index < -0.39 is 0 Å². The number of rotatable bonds is 6. The molecule has 9 heteroatoms. The molecule has 35 heavy (non-hydrogen) atoms. The largest absolute Gasteiger partial charge is 0.494 e. The molecule has 184 valence electrons. The summed E-state index contributed by atoms with van der Waals surface area (Å²) in [6.45, 7) is 3.81. The second-order valence-electron chi connectivity index (χ2n) is 9.02. The molecule has 0 saturated carbocycles. The zero-order valence-electron chi connectivity index (χ0n) is 20.3. The highest BCUT2D eigenvalue weighted by molar-refractivity contribution is 6.43. The van der Waals surface area contributed by atoms with Gasteiger partial charge in [-0.3, -0.25) is 9.78 Å². The van der Waals surface area contributed by atoms with Crippen LogP contribution in [0.3, 0.4) is 0 Å². The van der Waals surface area contributed by atoms with Gasteiger partial charge < -0.3 is 24.0 Å². The third-order valence-corrected chi connectivity index (χ3v) is 6.84. The molecule has 0 aromatic carbocycles. The number of carbonyl (C=O) groups is 1. The van der Waals surface area contributed by atoms with Crippen molar-refractivity contribution in [2.45, 2.75) is 31.7 Å². The summed E-state index contributed by atoms with van der Waals surface area (Å²) in [6, 6.07) is 6.00. The van der Waals surface area contributed by atoms with Gasteiger partial charge in [0.25, 0.3) is 5.91 Å². The molecule has 0 radical (unpaired) electrons. The number of carbonyl (C=O) groups excluding carboxylic acids is 1. The summed E-state index contributed by atoms with van der Waals surface area (Å²) < 4.78 is 16.6. The van der Waals surface area contributed by atoms with E-state index in [2.05, 4.69) is 19.9 Å². The van der Waals surface area contributed by atoms with Crippen molar-refractivity contribution >= 4 is 22.7 Å². The SMILES string of the molecule is COc1ccc2nccc(CCN3CCC(N(C)C(=O)C4=NC=C5CC(=C4)OCCO5)CC3)c2n1. The van der Waals surface area contributed by atoms with Crippen LogP contribution in [-0.2, 0) is 20.7 Å². The summed E-state index contributed by atoms with van der Waals surface area (Å²) in [5.74, 6) is 2.00. The molecular formula is C26H31N5O4. The molecule has 9 nitrogen and oxygen atoms in total. The third kappa shape index (κ3) is 5.30. The van der Waals surface area contributed by atoms with E-state index in [0.717, 1.165) is 61.4 Å². The van der Waals surface area contributed by atoms with Crippen LogP contribution in [0.4, 0.5) is 0 Å². The Kier molecular flexibility index (Phi) is 6.94. The molecule has 0 atom stereocenters. The Hall–Kier alpha value is -3.46. The Bertz CT molecular complexity index is 1180. The second-order valence-corrected chi connectivity index (χ2v) is 9.02. The lowest BCUT2D eigenvalue weighted by Gasteiger charge is -2.36. The van der Waals surface area contributed by atoms with Crippen molar-refractivity contribution < 1.29 is 19.0 Å². The highest BCUT2D eigenvalue weighted by atomic mass is 16.5. The van der Waals surface area contributed by atoms with Gasteiger partial charge in [0.1, 0.15) is 30.4 Å². The van der Waals surface area contributed by atoms with E-state index in [1.54, 1.807) is 19.4 Å². The lowest BCUT2D eigenvalue weighted by atomic mass is 10.0. The van der Waals surface area contributed by atoms with E-state index in [4.69, 9.17) is 14.2 Å². The zero-order valence-corrected chi connectivity index (χ0v) is 20.3. The number of fused-ring (bicyclic) bond motifs is 3. The van der Waals surface area contributed by atoms with Gasteiger partial charge in [-0.15, -0.1) is 0 Å². The molecular weight excluding hydrogens is 446 g/mol. The maximum atomic E-state index is 13.2. The Labute approximate surface area is 205 Å². The summed E-state index contributed by atoms with van der Waals surface area (Å²) in [6.07, 6.45) is 8.53. The van der Waals surface area contributed by atoms with E-state index in [1.807, 2.05) is 36.3 Å². The molecule has 5 rings (SSSR count). The van der Waals surface area contributed by atoms with Crippen LogP contribution in [0.1, 0.15) is 24.8 Å². The fourth-order valence-corrected chi connectivity index (χ4v) is 4.77. The molecule has 2 saturated heterocycles. The van der Waals surface area contributed by atoms with Crippen molar-refractivity contribution in [3.8, 4) is 5.88 Å². The highest BCUT2D eigenvalue weighted by Gasteiger charge is 2.28. The minimum absolute atomic E-state index is 0.0779. The Morgan fingerprint density at radius 1 is 1.17 bits per heavy atom. The molecule has 2 aromatic rings. The summed E-state index contributed by atoms with van der Waals surface area (Å²) in [5, 5.41) is 0. The Balaban J connectivity index is 1.17. The average molecular weight is 478 g/mol. The van der Waals surface area contributed by atoms with Crippen molar-refractivity contribution in [3.63, 3.8) is 0 Å². The minimum atomic E-state index is -0.0779. The monoisotopic (exact) mass is 477 g/mol. The molecule has 1 amide bonds. The van der Waals surface area contributed by atoms with E-state index in [9.17, 15) is 4.79 Å². The number of hydrogen-bond donors (Lipinski definition) is 0. The third-order valence-electron chi connectivity index (χ3n) is 6.84. The Morgan fingerprint density at radius 3 is 2.77 bits per heavy atom. The molecule has 2 aromatic heterocycles. The van der Waals surface area contributed by atoms with Gasteiger partial charge in [0.05, 0.1) is 30.8 Å². The minimum Gasteiger partial charge on any atom is -0.494 e. The van der Waals surface area contributed by atoms with Crippen LogP contribution in [0.15, 0.2) is 53.2 Å². The fourth-order valence-electron chi connectivity index (χ4n) is 4.77. The van der Waals surface area contributed by atoms with Crippen LogP contribution in [-0.4, -0.2) is 84.4 Å². The highest BCUT2D eigenvalue weighted by Crippen LogP contribution is 2.23. The van der Waals surface area contributed by atoms with Crippen molar-refractivity contribution in [2.24, 2.45) is 4.99 Å². The van der Waals surface area contributed by atoms with Gasteiger partial charge in [0.2, 0.25) is 5.88 Å². The molecule has 3 aliphatic heterocycles. The summed E-state index contributed by atoms with van der Waals surface area (Å²) in [5.41, 5.74) is 3.35. The van der Waals surface area contributed by atoms with E-state index in [-0.39, 0.29) is 11.9 Å². The van der Waals surface area contributed by atoms with Gasteiger partial charge in [-0.25, -0.2) is 9.98 Å². The number of hydrogen-bond acceptors (Lipinski definition) is 8. The number of likely N-dealkylation sites (tertiary alicyclic amines) is 1. The van der Waals surface area contributed by atoms with E-state index in [1.165, 1.54) is 5.56 Å². The average Bonchev–Trinajstić information content (AvgIpc) is 3.26. The van der Waals surface area contributed by atoms with Crippen molar-refractivity contribution in [3.05, 3.63) is 53.8 Å². The molecule has 0 spiro atoms. The fraction of sp³-hybridized carbons (Fsp3) is 0.462. The smallest absolute Gasteiger partial charge is 0.272 e. The number of aliphatic imine (C=N–C) groups is 1. The normalized spacial score (nSPS) is 18.9. The van der Waals surface area contributed by atoms with E-state index >= 15 is 0 Å². The first-order chi connectivity index (χ1) is 17.1. The lowest BCUT2D eigenvalue weighted by Crippen LogP contribution is -2.47. The zero-order chi connectivity index (χ0) is 24.2. The van der Waals surface area contributed by atoms with Gasteiger partial charge in [0, 0.05) is 51.1 Å². The van der Waals surface area contributed by atoms with Crippen molar-refractivity contribution in [2.75, 3.05) is 47.0 Å². The first kappa shape index (κ1) is 23.3. The maximum absolute atomic E-state index is 13.2. The summed E-state index contributed by atoms with van der Waals surface area (Å²) in [7, 11) is 3.50. The van der Waals surface area contributed by atoms with Crippen LogP contribution in [0.25, 0.3) is 11.0 Å². The lowest BCUT2D eigenvalue weighted by molar-refractivity contribution is -0.125. The molecule has 0 aliphatic carbocycles. The van der Waals surface area contributed by atoms with Crippen LogP contribution in [0.5, 0.6) is 5.88 Å². The first-order valence-corrected chi connectivity index (χ1v) is 12.1. The molecule has 3 aliphatic rings. The summed E-state index contributed by atoms with van der Waals surface area (Å²) >= 11 is 0. The van der Waals surface area contributed by atoms with Gasteiger partial charge in [0.15, 0.2) is 0 Å². The van der Waals surface area contributed by atoms with E-state index in [0.29, 0.717) is 31.2 Å². The number of nitrogens with zero attached hydrogens (tertiary/aromatic N) is 5. The van der Waals surface area contributed by atoms with Crippen LogP contribution in [0, 0.1) is 0 Å². The van der Waals surface area contributed by atoms with Gasteiger partial charge in [-0.2, -0.15) is 0 Å². The molecule has 5 heterocycles. The summed E-state index contributed by atoms with van der Waals surface area (Å²) in [4.78, 5) is 30.9. The second kappa shape index (κ2) is 10.4. The quantitative estimate of drug-likeness (QED) is 0.632. The van der Waals surface area contributed by atoms with Crippen LogP contribution < -0.4 is 4.74 Å². The van der Waals surface area contributed by atoms with Crippen LogP contribution in [0.2, 0.25) is 0 Å². The first-order valence-electron chi connectivity index (χ1n) is 12.1. The predicted molar refractivity (Wildman–Crippen MR) is 132 cm³/mol. The number of amides is 1. The van der Waals surface area contributed by atoms with Gasteiger partial charge in [-0.1, -0.05) is 0 Å². The number of pyridine rings is 2. The van der Waals surface area contributed by atoms with Crippen molar-refractivity contribution in [1.82, 2.24) is 19.8 Å². The number of aromatic nitrogens is 2. The molecule has 0 unspecified atom stereocenters. The standard InChI is InChI=1S/C26H31N5O4/c1-30(26(32)23-16-20-15-21(17-28-23)35-14-13-34-20)19-7-11-31(12-8-19)10-6-18-5-9-27-22-3-4-24(33-2)29-25(18)22/h3-5,9,16-17,19H,6-8,10-15H2,1-2H3. The maximum Gasteiger partial charge on any atom is 0.272 e. The van der Waals surface area contributed by atoms with Crippen LogP contribution >= 0.6 is 0 Å². The number of methoxy groups -OCH3 is 1. The molecule has 2 bridgehead atoms. The Morgan fingerprint density at radius 2 is 1.97 bits per heavy atom. The number of piperidine rings is 1.